The number of fused-ring (bicyclic) bond motifs is 9. The van der Waals surface area contributed by atoms with E-state index in [-0.39, 0.29) is 57.4 Å². The third-order valence-electron chi connectivity index (χ3n) is 16.2. The molecule has 20 atom stereocenters. The smallest absolute Gasteiger partial charge is 0.382 e. The van der Waals surface area contributed by atoms with Crippen LogP contribution in [-0.4, -0.2) is 225 Å². The Morgan fingerprint density at radius 1 is 0.543 bits per heavy atom. The quantitative estimate of drug-likeness (QED) is 0.0477. The van der Waals surface area contributed by atoms with Crippen LogP contribution in [0.2, 0.25) is 0 Å². The fourth-order valence-electron chi connectivity index (χ4n) is 12.1. The lowest BCUT2D eigenvalue weighted by molar-refractivity contribution is -0.190. The molecule has 0 radical (unpaired) electrons. The van der Waals surface area contributed by atoms with Crippen molar-refractivity contribution < 1.29 is 126 Å². The maximum atomic E-state index is 12.9. The largest absolute Gasteiger partial charge is 0.472 e. The van der Waals surface area contributed by atoms with Gasteiger partial charge in [-0.2, -0.15) is 0 Å². The molecule has 8 unspecified atom stereocenters. The van der Waals surface area contributed by atoms with Crippen molar-refractivity contribution in [2.45, 2.75) is 103 Å². The highest BCUT2D eigenvalue weighted by atomic mass is 31.2. The number of hydrogen-bond donors (Lipinski definition) is 7. The van der Waals surface area contributed by atoms with E-state index in [4.69, 9.17) is 76.1 Å². The molecule has 0 aliphatic carbocycles. The molecule has 8 bridgehead atoms. The number of hydrogen-bond acceptors (Lipinski definition) is 28. The maximum Gasteiger partial charge on any atom is 0.472 e. The number of nitrogens with zero attached hydrogens (tertiary/aromatic N) is 3. The number of ether oxygens (including phenoxy) is 12. The predicted octanol–water partition coefficient (Wildman–Crippen LogP) is -0.0987. The summed E-state index contributed by atoms with van der Waals surface area (Å²) >= 11 is 0. The van der Waals surface area contributed by atoms with Crippen LogP contribution in [0.3, 0.4) is 0 Å². The zero-order valence-electron chi connectivity index (χ0n) is 50.7. The van der Waals surface area contributed by atoms with Crippen LogP contribution in [0.25, 0.3) is 10.8 Å². The molecule has 1 aromatic carbocycles. The lowest BCUT2D eigenvalue weighted by Crippen LogP contribution is -2.53. The third-order valence-corrected chi connectivity index (χ3v) is 20.2. The van der Waals surface area contributed by atoms with Crippen LogP contribution in [0.1, 0.15) is 25.1 Å². The van der Waals surface area contributed by atoms with Crippen LogP contribution in [0.4, 0.5) is 0 Å². The first kappa shape index (κ1) is 72.3. The van der Waals surface area contributed by atoms with E-state index in [1.54, 1.807) is 42.7 Å². The van der Waals surface area contributed by atoms with Gasteiger partial charge >= 0.3 is 36.9 Å². The second-order valence-corrected chi connectivity index (χ2v) is 28.1. The van der Waals surface area contributed by atoms with Gasteiger partial charge in [-0.05, 0) is 23.6 Å². The Balaban J connectivity index is 0.000000146. The van der Waals surface area contributed by atoms with E-state index in [0.29, 0.717) is 18.4 Å². The first-order valence-electron chi connectivity index (χ1n) is 27.9. The predicted molar refractivity (Wildman–Crippen MR) is 311 cm³/mol. The molecule has 12 rings (SSSR count). The van der Waals surface area contributed by atoms with Gasteiger partial charge in [-0.15, -0.1) is 0 Å². The highest BCUT2D eigenvalue weighted by Crippen LogP contribution is 2.57. The molecule has 0 amide bonds. The Morgan fingerprint density at radius 2 is 1.02 bits per heavy atom. The minimum Gasteiger partial charge on any atom is -0.382 e. The lowest BCUT2D eigenvalue weighted by Gasteiger charge is -2.37. The molecule has 8 aliphatic rings. The van der Waals surface area contributed by atoms with E-state index in [0.717, 1.165) is 38.4 Å². The molecule has 8 fully saturated rings. The Bertz CT molecular complexity index is 3670. The first-order valence-corrected chi connectivity index (χ1v) is 34.0. The standard InChI is InChI=1S/C17H20NO8P.C13H18NO8P.C12H18N3O8P.C9H18NO7P/c1-22-9-17-10-24-13(14(17)26-27(20,21)23-2)16(25-17)18-8-7-11-5-3-4-6-12(11)15(18)19;1-18-7-13-8-20-10(11(13)22-23(16,17)19-2)12(21-13)14-6-4-3-5-9(14)15;1-20-5-12-6-22-8(9(12)14-24(18,19)21-2)10(23-12)15-4-3-7(16)13-11(15)17;1-13-5-9-3-4-15-6(8(10)16-9)7(9)17-18(11,12)14-2/h3-8,13-14,16H,9-10H2,1-2H3,(H,20,21);3-6,10-12H,7-8H2,1-2H3,(H,16,17);3-4,8-10H,5-6H2,1-2H3,(H,13,16,17)(H2,14,18,19);6-8H,3-5,10H2,1-2H3,(H,11,12)/t13?,14-,16-,17+;10?,11-,12-,13+;8?,9-,10-,12+;6?,7-,8-,9-/m1111/s1. The summed E-state index contributed by atoms with van der Waals surface area (Å²) in [5, 5.41) is 3.84. The molecule has 514 valence electrons. The fraction of sp³-hybridized carbons (Fsp3) is 0.647. The molecule has 11 heterocycles. The second-order valence-electron chi connectivity index (χ2n) is 21.9. The van der Waals surface area contributed by atoms with Gasteiger partial charge in [-0.1, -0.05) is 24.3 Å². The molecule has 8 saturated heterocycles. The summed E-state index contributed by atoms with van der Waals surface area (Å²) < 4.78 is 152. The molecule has 92 heavy (non-hydrogen) atoms. The SMILES string of the molecule is COC[C@@]12CCOC([C@H](N)O1)[C@H]2OP(=O)(O)OC.COC[C@@]12COC([C@H](n3ccc(=O)[nH]c3=O)O1)[C@H]2NP(=O)(O)OC.COC[C@@]12COC([C@H](n3ccc4ccccc4c3=O)O1)[C@H]2OP(=O)(O)OC.COC[C@@]12COC([C@H](n3ccccc3=O)O1)[C@H]2OP(=O)(O)OC. The van der Waals surface area contributed by atoms with Gasteiger partial charge in [0.25, 0.3) is 16.7 Å². The molecule has 0 saturated carbocycles. The second kappa shape index (κ2) is 29.0. The fourth-order valence-corrected chi connectivity index (χ4v) is 15.0. The van der Waals surface area contributed by atoms with Crippen LogP contribution in [0, 0.1) is 0 Å². The highest BCUT2D eigenvalue weighted by molar-refractivity contribution is 7.50. The number of phosphoric ester groups is 3. The van der Waals surface area contributed by atoms with Crippen LogP contribution in [-0.2, 0) is 107 Å². The van der Waals surface area contributed by atoms with Gasteiger partial charge in [-0.25, -0.2) is 28.1 Å². The molecule has 8 N–H and O–H groups in total. The van der Waals surface area contributed by atoms with Gasteiger partial charge in [0, 0.05) is 99.4 Å². The number of aromatic nitrogens is 4. The van der Waals surface area contributed by atoms with Gasteiger partial charge in [-0.3, -0.25) is 60.2 Å². The summed E-state index contributed by atoms with van der Waals surface area (Å²) in [5.41, 5.74) is -0.0972. The Kier molecular flexibility index (Phi) is 22.8. The highest BCUT2D eigenvalue weighted by Gasteiger charge is 2.67. The number of H-pyrrole nitrogens is 1. The molecule has 8 aliphatic heterocycles. The minimum absolute atomic E-state index is 0.0662. The molecular formula is C51H74N6O31P4. The number of nitrogens with two attached hydrogens (primary N) is 1. The van der Waals surface area contributed by atoms with E-state index in [2.05, 4.69) is 28.2 Å². The maximum absolute atomic E-state index is 12.9. The van der Waals surface area contributed by atoms with Gasteiger partial charge in [0.15, 0.2) is 18.7 Å². The lowest BCUT2D eigenvalue weighted by atomic mass is 9.90. The van der Waals surface area contributed by atoms with Crippen LogP contribution < -0.4 is 33.2 Å². The summed E-state index contributed by atoms with van der Waals surface area (Å²) in [7, 11) is -6.51. The first-order chi connectivity index (χ1) is 43.6. The van der Waals surface area contributed by atoms with Gasteiger partial charge in [0.2, 0.25) is 0 Å². The molecule has 3 aromatic heterocycles. The average molecular weight is 1390 g/mol. The number of phosphoric acid groups is 3. The van der Waals surface area contributed by atoms with E-state index < -0.39 is 139 Å². The Hall–Kier alpha value is -4.02. The number of methoxy groups -OCH3 is 4. The summed E-state index contributed by atoms with van der Waals surface area (Å²) in [4.78, 5) is 88.9. The number of benzene rings is 1. The summed E-state index contributed by atoms with van der Waals surface area (Å²) in [5.74, 6) is 0. The van der Waals surface area contributed by atoms with E-state index in [1.165, 1.54) is 55.9 Å². The van der Waals surface area contributed by atoms with E-state index in [1.807, 2.05) is 12.1 Å². The zero-order valence-corrected chi connectivity index (χ0v) is 54.3. The van der Waals surface area contributed by atoms with Gasteiger partial charge < -0.3 is 86.7 Å². The molecule has 4 aromatic rings. The van der Waals surface area contributed by atoms with Crippen molar-refractivity contribution >= 4 is 42.0 Å². The number of aromatic amines is 1. The molecule has 0 spiro atoms. The molecular weight excluding hydrogens is 1320 g/mol. The van der Waals surface area contributed by atoms with Crippen LogP contribution in [0.15, 0.2) is 92.4 Å². The minimum atomic E-state index is -4.30. The van der Waals surface area contributed by atoms with Crippen molar-refractivity contribution in [1.82, 2.24) is 23.8 Å². The van der Waals surface area contributed by atoms with E-state index >= 15 is 0 Å². The monoisotopic (exact) mass is 1390 g/mol. The Morgan fingerprint density at radius 3 is 1.57 bits per heavy atom. The third kappa shape index (κ3) is 14.8. The van der Waals surface area contributed by atoms with Crippen molar-refractivity contribution in [3.63, 3.8) is 0 Å². The van der Waals surface area contributed by atoms with Crippen LogP contribution >= 0.6 is 31.2 Å². The van der Waals surface area contributed by atoms with Crippen molar-refractivity contribution in [1.29, 1.82) is 0 Å². The average Bonchev–Trinajstić information content (AvgIpc) is 1.59. The Labute approximate surface area is 523 Å². The van der Waals surface area contributed by atoms with Gasteiger partial charge in [0.05, 0.1) is 58.9 Å². The number of pyridine rings is 2. The zero-order chi connectivity index (χ0) is 66.8. The number of rotatable bonds is 23. The summed E-state index contributed by atoms with van der Waals surface area (Å²) in [6.45, 7) is 1.20. The van der Waals surface area contributed by atoms with E-state index in [9.17, 15) is 57.0 Å². The van der Waals surface area contributed by atoms with Crippen molar-refractivity contribution in [2.24, 2.45) is 5.73 Å². The normalized spacial score (nSPS) is 35.6. The van der Waals surface area contributed by atoms with Crippen molar-refractivity contribution in [2.75, 3.05) is 110 Å². The molecule has 37 nitrogen and oxygen atoms in total. The van der Waals surface area contributed by atoms with Crippen LogP contribution in [0.5, 0.6) is 0 Å². The summed E-state index contributed by atoms with van der Waals surface area (Å²) in [6.07, 6.45) is -3.79. The summed E-state index contributed by atoms with van der Waals surface area (Å²) in [6, 6.07) is 14.1. The van der Waals surface area contributed by atoms with Crippen molar-refractivity contribution in [3.8, 4) is 0 Å². The number of nitrogens with one attached hydrogen (secondary N) is 2. The molecule has 41 heteroatoms. The topological polar surface area (TPSA) is 461 Å². The van der Waals surface area contributed by atoms with Gasteiger partial charge in [0.1, 0.15) is 71.4 Å². The van der Waals surface area contributed by atoms with Crippen molar-refractivity contribution in [3.05, 3.63) is 115 Å².